The van der Waals surface area contributed by atoms with E-state index in [9.17, 15) is 4.79 Å². The zero-order valence-corrected chi connectivity index (χ0v) is 6.99. The summed E-state index contributed by atoms with van der Waals surface area (Å²) in [5.41, 5.74) is 0.379. The second kappa shape index (κ2) is 3.60. The highest BCUT2D eigenvalue weighted by molar-refractivity contribution is 6.35. The van der Waals surface area contributed by atoms with Crippen LogP contribution in [0.4, 0.5) is 0 Å². The second-order valence-electron chi connectivity index (χ2n) is 1.90. The van der Waals surface area contributed by atoms with Crippen LogP contribution in [0, 0.1) is 0 Å². The predicted molar refractivity (Wildman–Crippen MR) is 44.8 cm³/mol. The fourth-order valence-electron chi connectivity index (χ4n) is 0.696. The summed E-state index contributed by atoms with van der Waals surface area (Å²) in [5.74, 6) is -0.391. The lowest BCUT2D eigenvalue weighted by atomic mass is 10.2. The van der Waals surface area contributed by atoms with E-state index in [-0.39, 0.29) is 0 Å². The standard InChI is InChI=1S/C7H5Cl2NO/c8-6-4-2-1-3-5(6)7(11)10-9/h1-4H,(H,10,11). The smallest absolute Gasteiger partial charge is 0.267 e. The first kappa shape index (κ1) is 8.37. The first-order chi connectivity index (χ1) is 5.25. The molecule has 0 saturated heterocycles. The molecule has 2 nitrogen and oxygen atoms in total. The van der Waals surface area contributed by atoms with Gasteiger partial charge in [-0.3, -0.25) is 9.63 Å². The number of carbonyl (C=O) groups excluding carboxylic acids is 1. The van der Waals surface area contributed by atoms with Gasteiger partial charge in [-0.15, -0.1) is 0 Å². The molecule has 0 aliphatic heterocycles. The monoisotopic (exact) mass is 189 g/mol. The number of rotatable bonds is 1. The highest BCUT2D eigenvalue weighted by Crippen LogP contribution is 2.14. The maximum atomic E-state index is 10.9. The molecule has 1 aromatic rings. The minimum atomic E-state index is -0.391. The molecular formula is C7H5Cl2NO. The number of hydrogen-bond acceptors (Lipinski definition) is 1. The molecule has 0 heterocycles. The molecule has 0 aliphatic carbocycles. The highest BCUT2D eigenvalue weighted by Gasteiger charge is 2.06. The molecule has 0 spiro atoms. The first-order valence-corrected chi connectivity index (χ1v) is 3.67. The van der Waals surface area contributed by atoms with Crippen molar-refractivity contribution in [1.82, 2.24) is 4.84 Å². The van der Waals surface area contributed by atoms with E-state index in [4.69, 9.17) is 23.4 Å². The van der Waals surface area contributed by atoms with Crippen molar-refractivity contribution in [3.05, 3.63) is 34.9 Å². The van der Waals surface area contributed by atoms with Crippen LogP contribution in [0.3, 0.4) is 0 Å². The van der Waals surface area contributed by atoms with Crippen LogP contribution in [0.15, 0.2) is 24.3 Å². The Morgan fingerprint density at radius 3 is 2.55 bits per heavy atom. The molecule has 11 heavy (non-hydrogen) atoms. The third-order valence-electron chi connectivity index (χ3n) is 1.20. The lowest BCUT2D eigenvalue weighted by Crippen LogP contribution is -2.12. The average molecular weight is 190 g/mol. The Bertz CT molecular complexity index is 275. The maximum Gasteiger partial charge on any atom is 0.267 e. The largest absolute Gasteiger partial charge is 0.268 e. The summed E-state index contributed by atoms with van der Waals surface area (Å²) in [7, 11) is 0. The van der Waals surface area contributed by atoms with Crippen LogP contribution in [0.5, 0.6) is 0 Å². The average Bonchev–Trinajstić information content (AvgIpc) is 2.04. The van der Waals surface area contributed by atoms with Crippen LogP contribution < -0.4 is 4.84 Å². The molecule has 0 aromatic heterocycles. The summed E-state index contributed by atoms with van der Waals surface area (Å²) in [6.07, 6.45) is 0. The molecule has 0 saturated carbocycles. The van der Waals surface area contributed by atoms with Crippen LogP contribution >= 0.6 is 23.4 Å². The first-order valence-electron chi connectivity index (χ1n) is 2.91. The van der Waals surface area contributed by atoms with E-state index < -0.39 is 5.91 Å². The van der Waals surface area contributed by atoms with Gasteiger partial charge in [0.05, 0.1) is 10.6 Å². The van der Waals surface area contributed by atoms with Gasteiger partial charge < -0.3 is 0 Å². The van der Waals surface area contributed by atoms with Gasteiger partial charge in [-0.2, -0.15) is 0 Å². The van der Waals surface area contributed by atoms with E-state index in [1.807, 2.05) is 4.84 Å². The van der Waals surface area contributed by atoms with Gasteiger partial charge in [0.2, 0.25) is 0 Å². The molecule has 1 amide bonds. The fraction of sp³-hybridized carbons (Fsp3) is 0. The van der Waals surface area contributed by atoms with Crippen LogP contribution in [-0.2, 0) is 0 Å². The summed E-state index contributed by atoms with van der Waals surface area (Å²) < 4.78 is 0. The van der Waals surface area contributed by atoms with Crippen molar-refractivity contribution in [2.24, 2.45) is 0 Å². The minimum absolute atomic E-state index is 0.379. The molecule has 1 aromatic carbocycles. The topological polar surface area (TPSA) is 29.1 Å². The van der Waals surface area contributed by atoms with Crippen LogP contribution in [0.2, 0.25) is 5.02 Å². The van der Waals surface area contributed by atoms with E-state index in [1.54, 1.807) is 24.3 Å². The molecule has 1 rings (SSSR count). The number of carbonyl (C=O) groups is 1. The summed E-state index contributed by atoms with van der Waals surface area (Å²) in [6, 6.07) is 6.68. The second-order valence-corrected chi connectivity index (χ2v) is 2.50. The summed E-state index contributed by atoms with van der Waals surface area (Å²) in [4.78, 5) is 12.9. The lowest BCUT2D eigenvalue weighted by molar-refractivity contribution is 0.0982. The van der Waals surface area contributed by atoms with E-state index in [0.29, 0.717) is 10.6 Å². The quantitative estimate of drug-likeness (QED) is 0.675. The van der Waals surface area contributed by atoms with Gasteiger partial charge in [-0.05, 0) is 12.1 Å². The molecule has 1 N–H and O–H groups in total. The van der Waals surface area contributed by atoms with Crippen molar-refractivity contribution in [2.45, 2.75) is 0 Å². The Hall–Kier alpha value is -0.730. The Kier molecular flexibility index (Phi) is 2.74. The Labute approximate surface area is 74.2 Å². The molecule has 0 unspecified atom stereocenters. The molecule has 4 heteroatoms. The number of benzene rings is 1. The van der Waals surface area contributed by atoms with Gasteiger partial charge in [-0.1, -0.05) is 23.7 Å². The van der Waals surface area contributed by atoms with E-state index in [0.717, 1.165) is 0 Å². The Morgan fingerprint density at radius 1 is 1.36 bits per heavy atom. The predicted octanol–water partition coefficient (Wildman–Crippen LogP) is 2.22. The summed E-state index contributed by atoms with van der Waals surface area (Å²) >= 11 is 10.8. The van der Waals surface area contributed by atoms with E-state index in [2.05, 4.69) is 0 Å². The zero-order chi connectivity index (χ0) is 8.27. The zero-order valence-electron chi connectivity index (χ0n) is 5.47. The van der Waals surface area contributed by atoms with Crippen molar-refractivity contribution in [3.63, 3.8) is 0 Å². The van der Waals surface area contributed by atoms with Gasteiger partial charge in [0.1, 0.15) is 0 Å². The highest BCUT2D eigenvalue weighted by atomic mass is 35.5. The third-order valence-corrected chi connectivity index (χ3v) is 1.71. The van der Waals surface area contributed by atoms with Crippen molar-refractivity contribution < 1.29 is 4.79 Å². The number of hydrogen-bond donors (Lipinski definition) is 1. The number of amides is 1. The number of halogens is 2. The summed E-state index contributed by atoms with van der Waals surface area (Å²) in [5, 5.41) is 0.394. The molecular weight excluding hydrogens is 185 g/mol. The summed E-state index contributed by atoms with van der Waals surface area (Å²) in [6.45, 7) is 0. The van der Waals surface area contributed by atoms with Crippen molar-refractivity contribution in [1.29, 1.82) is 0 Å². The van der Waals surface area contributed by atoms with Crippen molar-refractivity contribution in [3.8, 4) is 0 Å². The van der Waals surface area contributed by atoms with Gasteiger partial charge in [0.15, 0.2) is 0 Å². The lowest BCUT2D eigenvalue weighted by Gasteiger charge is -1.98. The normalized spacial score (nSPS) is 9.27. The van der Waals surface area contributed by atoms with Crippen molar-refractivity contribution in [2.75, 3.05) is 0 Å². The van der Waals surface area contributed by atoms with Crippen molar-refractivity contribution >= 4 is 29.3 Å². The van der Waals surface area contributed by atoms with E-state index in [1.165, 1.54) is 0 Å². The fourth-order valence-corrected chi connectivity index (χ4v) is 1.02. The molecule has 58 valence electrons. The molecule has 0 radical (unpaired) electrons. The molecule has 0 aliphatic rings. The molecule has 0 fully saturated rings. The van der Waals surface area contributed by atoms with Crippen LogP contribution in [0.1, 0.15) is 10.4 Å². The minimum Gasteiger partial charge on any atom is -0.268 e. The number of nitrogens with one attached hydrogen (secondary N) is 1. The van der Waals surface area contributed by atoms with Gasteiger partial charge in [0, 0.05) is 11.8 Å². The maximum absolute atomic E-state index is 10.9. The van der Waals surface area contributed by atoms with E-state index >= 15 is 0 Å². The van der Waals surface area contributed by atoms with Crippen LogP contribution in [-0.4, -0.2) is 5.91 Å². The molecule has 0 bridgehead atoms. The van der Waals surface area contributed by atoms with Gasteiger partial charge in [0.25, 0.3) is 5.91 Å². The SMILES string of the molecule is O=C(NCl)c1ccccc1Cl. The van der Waals surface area contributed by atoms with Crippen LogP contribution in [0.25, 0.3) is 0 Å². The third kappa shape index (κ3) is 1.85. The Morgan fingerprint density at radius 2 is 2.00 bits per heavy atom. The van der Waals surface area contributed by atoms with Gasteiger partial charge in [-0.25, -0.2) is 0 Å². The molecule has 0 atom stereocenters. The Balaban J connectivity index is 3.03. The van der Waals surface area contributed by atoms with Gasteiger partial charge >= 0.3 is 0 Å².